The molecule has 1 aromatic rings. The molecule has 102 valence electrons. The minimum Gasteiger partial charge on any atom is -0.398 e. The zero-order valence-corrected chi connectivity index (χ0v) is 11.8. The lowest BCUT2D eigenvalue weighted by Gasteiger charge is -2.25. The second kappa shape index (κ2) is 5.44. The second-order valence-corrected chi connectivity index (χ2v) is 6.65. The molecule has 0 atom stereocenters. The summed E-state index contributed by atoms with van der Waals surface area (Å²) in [5.74, 6) is 0. The van der Waals surface area contributed by atoms with Gasteiger partial charge in [0.15, 0.2) is 0 Å². The fraction of sp³-hybridized carbons (Fsp3) is 0.455. The summed E-state index contributed by atoms with van der Waals surface area (Å²) in [7, 11) is -3.82. The van der Waals surface area contributed by atoms with Crippen molar-refractivity contribution in [2.75, 3.05) is 12.3 Å². The Morgan fingerprint density at radius 1 is 1.44 bits per heavy atom. The zero-order valence-electron chi connectivity index (χ0n) is 10.3. The maximum Gasteiger partial charge on any atom is 0.244 e. The average Bonchev–Trinajstić information content (AvgIpc) is 2.13. The first-order chi connectivity index (χ1) is 8.19. The van der Waals surface area contributed by atoms with Gasteiger partial charge in [0.05, 0.1) is 10.7 Å². The molecule has 0 aliphatic rings. The number of hydrogen-bond donors (Lipinski definition) is 3. The minimum absolute atomic E-state index is 0.0716. The predicted molar refractivity (Wildman–Crippen MR) is 72.0 cm³/mol. The summed E-state index contributed by atoms with van der Waals surface area (Å²) in [6.07, 6.45) is 0.288. The van der Waals surface area contributed by atoms with Crippen LogP contribution in [0.5, 0.6) is 0 Å². The largest absolute Gasteiger partial charge is 0.398 e. The zero-order chi connectivity index (χ0) is 14.0. The van der Waals surface area contributed by atoms with Crippen molar-refractivity contribution in [1.82, 2.24) is 4.72 Å². The predicted octanol–water partition coefficient (Wildman–Crippen LogP) is 1.36. The van der Waals surface area contributed by atoms with E-state index in [1.54, 1.807) is 19.9 Å². The Morgan fingerprint density at radius 2 is 2.06 bits per heavy atom. The van der Waals surface area contributed by atoms with Crippen molar-refractivity contribution in [3.8, 4) is 0 Å². The maximum absolute atomic E-state index is 12.2. The molecule has 0 heterocycles. The van der Waals surface area contributed by atoms with E-state index in [1.165, 1.54) is 12.1 Å². The summed E-state index contributed by atoms with van der Waals surface area (Å²) < 4.78 is 26.9. The molecule has 5 nitrogen and oxygen atoms in total. The van der Waals surface area contributed by atoms with Gasteiger partial charge in [-0.1, -0.05) is 17.7 Å². The van der Waals surface area contributed by atoms with E-state index in [0.29, 0.717) is 0 Å². The third-order valence-corrected chi connectivity index (χ3v) is 4.66. The van der Waals surface area contributed by atoms with Gasteiger partial charge >= 0.3 is 0 Å². The summed E-state index contributed by atoms with van der Waals surface area (Å²) >= 11 is 5.87. The van der Waals surface area contributed by atoms with Crippen molar-refractivity contribution in [2.24, 2.45) is 0 Å². The van der Waals surface area contributed by atoms with Crippen molar-refractivity contribution in [3.63, 3.8) is 0 Å². The van der Waals surface area contributed by atoms with Crippen LogP contribution in [0.15, 0.2) is 23.1 Å². The van der Waals surface area contributed by atoms with Crippen molar-refractivity contribution in [3.05, 3.63) is 23.2 Å². The van der Waals surface area contributed by atoms with Crippen molar-refractivity contribution in [2.45, 2.75) is 30.7 Å². The smallest absolute Gasteiger partial charge is 0.244 e. The van der Waals surface area contributed by atoms with Crippen LogP contribution in [0, 0.1) is 0 Å². The van der Waals surface area contributed by atoms with Gasteiger partial charge in [-0.3, -0.25) is 0 Å². The number of hydrogen-bond acceptors (Lipinski definition) is 4. The van der Waals surface area contributed by atoms with Gasteiger partial charge in [0.1, 0.15) is 4.90 Å². The van der Waals surface area contributed by atoms with Gasteiger partial charge in [0.25, 0.3) is 0 Å². The lowest BCUT2D eigenvalue weighted by Crippen LogP contribution is -2.44. The molecule has 7 heteroatoms. The molecular formula is C11H17ClN2O3S. The molecule has 0 aliphatic carbocycles. The van der Waals surface area contributed by atoms with Crippen LogP contribution in [0.25, 0.3) is 0 Å². The number of halogens is 1. The molecule has 4 N–H and O–H groups in total. The first-order valence-electron chi connectivity index (χ1n) is 5.38. The maximum atomic E-state index is 12.2. The van der Waals surface area contributed by atoms with E-state index in [0.717, 1.165) is 0 Å². The molecular weight excluding hydrogens is 276 g/mol. The second-order valence-electron chi connectivity index (χ2n) is 4.62. The first-order valence-corrected chi connectivity index (χ1v) is 7.24. The molecule has 0 amide bonds. The SMILES string of the molecule is CC(C)(CCO)NS(=O)(=O)c1c(N)cccc1Cl. The Bertz CT molecular complexity index is 509. The molecule has 0 fully saturated rings. The molecule has 0 radical (unpaired) electrons. The minimum atomic E-state index is -3.82. The highest BCUT2D eigenvalue weighted by atomic mass is 35.5. The summed E-state index contributed by atoms with van der Waals surface area (Å²) in [4.78, 5) is -0.127. The Hall–Kier alpha value is -0.820. The molecule has 0 saturated heterocycles. The Kier molecular flexibility index (Phi) is 4.61. The van der Waals surface area contributed by atoms with E-state index in [2.05, 4.69) is 4.72 Å². The van der Waals surface area contributed by atoms with Gasteiger partial charge in [-0.25, -0.2) is 13.1 Å². The molecule has 0 aromatic heterocycles. The van der Waals surface area contributed by atoms with E-state index >= 15 is 0 Å². The molecule has 0 saturated carbocycles. The normalized spacial score (nSPS) is 12.7. The first kappa shape index (κ1) is 15.2. The van der Waals surface area contributed by atoms with E-state index < -0.39 is 15.6 Å². The van der Waals surface area contributed by atoms with Gasteiger partial charge < -0.3 is 10.8 Å². The quantitative estimate of drug-likeness (QED) is 0.715. The Labute approximate surface area is 112 Å². The molecule has 1 aromatic carbocycles. The molecule has 0 aliphatic heterocycles. The summed E-state index contributed by atoms with van der Waals surface area (Å²) in [6.45, 7) is 3.23. The lowest BCUT2D eigenvalue weighted by atomic mass is 10.0. The van der Waals surface area contributed by atoms with Gasteiger partial charge in [-0.05, 0) is 32.4 Å². The number of benzene rings is 1. The summed E-state index contributed by atoms with van der Waals surface area (Å²) in [5.41, 5.74) is 4.96. The monoisotopic (exact) mass is 292 g/mol. The lowest BCUT2D eigenvalue weighted by molar-refractivity contribution is 0.246. The molecule has 0 spiro atoms. The third-order valence-electron chi connectivity index (χ3n) is 2.41. The van der Waals surface area contributed by atoms with Crippen LogP contribution in [0.1, 0.15) is 20.3 Å². The summed E-state index contributed by atoms with van der Waals surface area (Å²) in [5, 5.41) is 8.96. The number of nitrogen functional groups attached to an aromatic ring is 1. The number of aliphatic hydroxyl groups excluding tert-OH is 1. The van der Waals surface area contributed by atoms with E-state index in [9.17, 15) is 8.42 Å². The van der Waals surface area contributed by atoms with E-state index in [4.69, 9.17) is 22.4 Å². The fourth-order valence-electron chi connectivity index (χ4n) is 1.55. The average molecular weight is 293 g/mol. The number of nitrogens with one attached hydrogen (secondary N) is 1. The van der Waals surface area contributed by atoms with Crippen LogP contribution < -0.4 is 10.5 Å². The topological polar surface area (TPSA) is 92.4 Å². The highest BCUT2D eigenvalue weighted by Crippen LogP contribution is 2.28. The van der Waals surface area contributed by atoms with Gasteiger partial charge in [-0.2, -0.15) is 0 Å². The van der Waals surface area contributed by atoms with Gasteiger partial charge in [0, 0.05) is 12.1 Å². The standard InChI is InChI=1S/C11H17ClN2O3S/c1-11(2,6-7-15)14-18(16,17)10-8(12)4-3-5-9(10)13/h3-5,14-15H,6-7,13H2,1-2H3. The Morgan fingerprint density at radius 3 is 2.56 bits per heavy atom. The van der Waals surface area contributed by atoms with Crippen LogP contribution in [-0.4, -0.2) is 25.7 Å². The van der Waals surface area contributed by atoms with Crippen molar-refractivity contribution < 1.29 is 13.5 Å². The van der Waals surface area contributed by atoms with Gasteiger partial charge in [0.2, 0.25) is 10.0 Å². The van der Waals surface area contributed by atoms with Crippen LogP contribution in [0.2, 0.25) is 5.02 Å². The molecule has 1 rings (SSSR count). The highest BCUT2D eigenvalue weighted by Gasteiger charge is 2.28. The molecule has 0 bridgehead atoms. The van der Waals surface area contributed by atoms with Crippen LogP contribution in [0.4, 0.5) is 5.69 Å². The van der Waals surface area contributed by atoms with Crippen LogP contribution in [0.3, 0.4) is 0 Å². The number of anilines is 1. The fourth-order valence-corrected chi connectivity index (χ4v) is 3.68. The third kappa shape index (κ3) is 3.58. The number of nitrogens with two attached hydrogens (primary N) is 1. The molecule has 18 heavy (non-hydrogen) atoms. The van der Waals surface area contributed by atoms with Crippen LogP contribution in [-0.2, 0) is 10.0 Å². The van der Waals surface area contributed by atoms with Crippen molar-refractivity contribution in [1.29, 1.82) is 0 Å². The van der Waals surface area contributed by atoms with Crippen molar-refractivity contribution >= 4 is 27.3 Å². The number of sulfonamides is 1. The van der Waals surface area contributed by atoms with E-state index in [1.807, 2.05) is 0 Å². The number of aliphatic hydroxyl groups is 1. The van der Waals surface area contributed by atoms with Gasteiger partial charge in [-0.15, -0.1) is 0 Å². The van der Waals surface area contributed by atoms with E-state index in [-0.39, 0.29) is 28.6 Å². The van der Waals surface area contributed by atoms with Crippen LogP contribution >= 0.6 is 11.6 Å². The molecule has 0 unspecified atom stereocenters. The Balaban J connectivity index is 3.15. The number of rotatable bonds is 5. The highest BCUT2D eigenvalue weighted by molar-refractivity contribution is 7.89. The summed E-state index contributed by atoms with van der Waals surface area (Å²) in [6, 6.07) is 4.51.